The number of hydrogen-bond acceptors (Lipinski definition) is 1. The third-order valence-corrected chi connectivity index (χ3v) is 0.659. The predicted octanol–water partition coefficient (Wildman–Crippen LogP) is -1.83. The van der Waals surface area contributed by atoms with Gasteiger partial charge in [0.15, 0.2) is 0 Å². The van der Waals surface area contributed by atoms with Gasteiger partial charge in [-0.15, -0.1) is 6.07 Å². The molecule has 0 bridgehead atoms. The Balaban J connectivity index is 0. The van der Waals surface area contributed by atoms with Crippen LogP contribution < -0.4 is 17.0 Å². The molecule has 0 unspecified atom stereocenters. The van der Waals surface area contributed by atoms with E-state index in [1.165, 1.54) is 6.07 Å². The van der Waals surface area contributed by atoms with Crippen molar-refractivity contribution in [2.75, 3.05) is 0 Å². The van der Waals surface area contributed by atoms with E-state index in [-0.39, 0.29) is 40.0 Å². The number of alkyl halides is 1. The molecule has 0 aliphatic heterocycles. The van der Waals surface area contributed by atoms with Crippen LogP contribution in [-0.4, -0.2) is 23.1 Å². The summed E-state index contributed by atoms with van der Waals surface area (Å²) in [6.07, 6.45) is 2.37. The molecule has 0 aliphatic carbocycles. The maximum absolute atomic E-state index is 11.4. The molecule has 46 valence electrons. The molecule has 0 spiro atoms. The van der Waals surface area contributed by atoms with E-state index < -0.39 is 6.67 Å². The first-order valence-electron chi connectivity index (χ1n) is 1.94. The van der Waals surface area contributed by atoms with Gasteiger partial charge in [-0.3, -0.25) is 4.39 Å². The number of furan rings is 1. The fourth-order valence-electron chi connectivity index (χ4n) is 0.343. The van der Waals surface area contributed by atoms with Crippen molar-refractivity contribution in [3.05, 3.63) is 24.2 Å². The first kappa shape index (κ1) is 12.2. The number of hydrogen-bond donors (Lipinski definition) is 0. The van der Waals surface area contributed by atoms with Gasteiger partial charge >= 0.3 is 23.1 Å². The quantitative estimate of drug-likeness (QED) is 0.387. The van der Waals surface area contributed by atoms with Crippen LogP contribution in [0.25, 0.3) is 0 Å². The smallest absolute Gasteiger partial charge is 1.00 e. The van der Waals surface area contributed by atoms with Crippen molar-refractivity contribution in [1.29, 1.82) is 0 Å². The van der Waals surface area contributed by atoms with E-state index in [0.29, 0.717) is 5.76 Å². The van der Waals surface area contributed by atoms with Gasteiger partial charge in [0, 0.05) is 0 Å². The fraction of sp³-hybridized carbons (Fsp3) is 0.200. The molecule has 0 atom stereocenters. The van der Waals surface area contributed by atoms with Gasteiger partial charge in [-0.2, -0.15) is 6.07 Å². The molecule has 9 heavy (non-hydrogen) atoms. The summed E-state index contributed by atoms with van der Waals surface area (Å²) in [6.45, 7) is -0.538. The molecular formula is C5H4BrFMgO. The molecular weight excluding hydrogens is 199 g/mol. The Morgan fingerprint density at radius 3 is 2.56 bits per heavy atom. The van der Waals surface area contributed by atoms with Crippen LogP contribution in [0, 0.1) is 6.26 Å². The van der Waals surface area contributed by atoms with Crippen molar-refractivity contribution in [2.45, 2.75) is 6.67 Å². The maximum atomic E-state index is 11.4. The van der Waals surface area contributed by atoms with Gasteiger partial charge in [-0.05, 0) is 12.0 Å². The van der Waals surface area contributed by atoms with Gasteiger partial charge in [0.25, 0.3) is 0 Å². The van der Waals surface area contributed by atoms with Crippen LogP contribution in [0.2, 0.25) is 0 Å². The molecule has 1 aromatic heterocycles. The summed E-state index contributed by atoms with van der Waals surface area (Å²) >= 11 is 0. The Kier molecular flexibility index (Phi) is 8.88. The fourth-order valence-corrected chi connectivity index (χ4v) is 0.343. The Bertz CT molecular complexity index is 132. The largest absolute Gasteiger partial charge is 2.00 e. The van der Waals surface area contributed by atoms with Crippen LogP contribution in [0.15, 0.2) is 16.5 Å². The molecule has 0 aromatic carbocycles. The molecule has 4 heteroatoms. The number of rotatable bonds is 1. The Morgan fingerprint density at radius 2 is 2.33 bits per heavy atom. The summed E-state index contributed by atoms with van der Waals surface area (Å²) in [5.74, 6) is 0.333. The van der Waals surface area contributed by atoms with Crippen molar-refractivity contribution < 1.29 is 25.8 Å². The molecule has 0 amide bonds. The first-order chi connectivity index (χ1) is 3.43. The van der Waals surface area contributed by atoms with E-state index in [1.807, 2.05) is 0 Å². The maximum Gasteiger partial charge on any atom is 2.00 e. The van der Waals surface area contributed by atoms with Crippen molar-refractivity contribution in [3.8, 4) is 0 Å². The molecule has 1 heterocycles. The SMILES string of the molecule is FCc1cc[c-]o1.[Br-].[Mg+2]. The van der Waals surface area contributed by atoms with Crippen LogP contribution in [0.4, 0.5) is 4.39 Å². The van der Waals surface area contributed by atoms with Gasteiger partial charge in [-0.25, -0.2) is 0 Å². The van der Waals surface area contributed by atoms with Crippen LogP contribution >= 0.6 is 0 Å². The monoisotopic (exact) mass is 202 g/mol. The second-order valence-corrected chi connectivity index (χ2v) is 1.15. The van der Waals surface area contributed by atoms with Crippen LogP contribution in [0.5, 0.6) is 0 Å². The average Bonchev–Trinajstić information content (AvgIpc) is 2.14. The second-order valence-electron chi connectivity index (χ2n) is 1.15. The molecule has 0 fully saturated rings. The normalized spacial score (nSPS) is 7.22. The van der Waals surface area contributed by atoms with E-state index in [2.05, 4.69) is 10.7 Å². The van der Waals surface area contributed by atoms with Gasteiger partial charge in [0.1, 0.15) is 0 Å². The molecule has 0 radical (unpaired) electrons. The van der Waals surface area contributed by atoms with Gasteiger partial charge in [0.05, 0.1) is 6.67 Å². The van der Waals surface area contributed by atoms with Crippen molar-refractivity contribution in [3.63, 3.8) is 0 Å². The van der Waals surface area contributed by atoms with Crippen molar-refractivity contribution in [2.24, 2.45) is 0 Å². The summed E-state index contributed by atoms with van der Waals surface area (Å²) in [7, 11) is 0. The summed E-state index contributed by atoms with van der Waals surface area (Å²) in [6, 6.07) is 3.08. The zero-order chi connectivity index (χ0) is 5.11. The molecule has 0 aliphatic rings. The van der Waals surface area contributed by atoms with Crippen molar-refractivity contribution >= 4 is 23.1 Å². The van der Waals surface area contributed by atoms with Gasteiger partial charge in [-0.1, -0.05) is 0 Å². The summed E-state index contributed by atoms with van der Waals surface area (Å²) in [4.78, 5) is 0. The van der Waals surface area contributed by atoms with E-state index in [1.54, 1.807) is 6.07 Å². The first-order valence-corrected chi connectivity index (χ1v) is 1.94. The van der Waals surface area contributed by atoms with E-state index in [0.717, 1.165) is 0 Å². The topological polar surface area (TPSA) is 13.1 Å². The standard InChI is InChI=1S/C5H4FO.BrH.Mg/c6-4-5-2-1-3-7-5;;/h1-2H,4H2;1H;/q-1;;+2/p-1. The Hall–Kier alpha value is 0.456. The van der Waals surface area contributed by atoms with Gasteiger partial charge < -0.3 is 21.4 Å². The van der Waals surface area contributed by atoms with E-state index in [9.17, 15) is 4.39 Å². The minimum atomic E-state index is -0.538. The van der Waals surface area contributed by atoms with Gasteiger partial charge in [0.2, 0.25) is 0 Å². The Morgan fingerprint density at radius 1 is 1.67 bits per heavy atom. The second kappa shape index (κ2) is 6.57. The molecule has 1 nitrogen and oxygen atoms in total. The van der Waals surface area contributed by atoms with Crippen molar-refractivity contribution in [1.82, 2.24) is 0 Å². The molecule has 0 N–H and O–H groups in total. The summed E-state index contributed by atoms with van der Waals surface area (Å²) < 4.78 is 15.9. The van der Waals surface area contributed by atoms with Crippen LogP contribution in [0.3, 0.4) is 0 Å². The average molecular weight is 203 g/mol. The van der Waals surface area contributed by atoms with E-state index in [4.69, 9.17) is 0 Å². The molecule has 0 saturated heterocycles. The summed E-state index contributed by atoms with van der Waals surface area (Å²) in [5, 5.41) is 0. The predicted molar refractivity (Wildman–Crippen MR) is 28.1 cm³/mol. The summed E-state index contributed by atoms with van der Waals surface area (Å²) in [5.41, 5.74) is 0. The Labute approximate surface area is 79.5 Å². The van der Waals surface area contributed by atoms with E-state index >= 15 is 0 Å². The molecule has 0 saturated carbocycles. The molecule has 1 aromatic rings. The van der Waals surface area contributed by atoms with Crippen LogP contribution in [-0.2, 0) is 6.67 Å². The zero-order valence-corrected chi connectivity index (χ0v) is 7.73. The number of halogens is 2. The minimum Gasteiger partial charge on any atom is -1.00 e. The molecule has 1 rings (SSSR count). The van der Waals surface area contributed by atoms with Crippen LogP contribution in [0.1, 0.15) is 5.76 Å². The minimum absolute atomic E-state index is 0. The third-order valence-electron chi connectivity index (χ3n) is 0.659. The third kappa shape index (κ3) is 3.94. The zero-order valence-electron chi connectivity index (χ0n) is 4.73.